The quantitative estimate of drug-likeness (QED) is 0.897. The lowest BCUT2D eigenvalue weighted by Crippen LogP contribution is -2.02. The molecule has 0 saturated carbocycles. The predicted octanol–water partition coefficient (Wildman–Crippen LogP) is 3.75. The van der Waals surface area contributed by atoms with Crippen LogP contribution in [0.15, 0.2) is 18.2 Å². The van der Waals surface area contributed by atoms with E-state index < -0.39 is 11.6 Å². The molecule has 1 N–H and O–H groups in total. The number of nitrogens with one attached hydrogen (secondary N) is 1. The molecule has 0 aliphatic rings. The molecule has 0 bridgehead atoms. The van der Waals surface area contributed by atoms with Crippen LogP contribution in [-0.2, 0) is 6.42 Å². The summed E-state index contributed by atoms with van der Waals surface area (Å²) in [6, 6.07) is 4.02. The van der Waals surface area contributed by atoms with Crippen molar-refractivity contribution in [3.05, 3.63) is 35.5 Å². The van der Waals surface area contributed by atoms with Crippen LogP contribution >= 0.6 is 0 Å². The Morgan fingerprint density at radius 3 is 2.50 bits per heavy atom. The van der Waals surface area contributed by atoms with Crippen molar-refractivity contribution in [2.45, 2.75) is 20.3 Å². The van der Waals surface area contributed by atoms with Gasteiger partial charge in [0, 0.05) is 18.4 Å². The molecule has 2 rings (SSSR count). The number of pyridine rings is 1. The highest BCUT2D eigenvalue weighted by molar-refractivity contribution is 5.92. The van der Waals surface area contributed by atoms with Gasteiger partial charge in [-0.05, 0) is 30.5 Å². The molecule has 0 saturated heterocycles. The first-order valence-electron chi connectivity index (χ1n) is 5.98. The number of anilines is 1. The number of aromatic nitrogens is 1. The summed E-state index contributed by atoms with van der Waals surface area (Å²) in [6.45, 7) is 4.12. The van der Waals surface area contributed by atoms with E-state index in [0.717, 1.165) is 24.2 Å². The SMILES string of the molecule is CNc1cc(CC(C)C)nc2c(F)ccc(F)c12. The van der Waals surface area contributed by atoms with Gasteiger partial charge in [-0.15, -0.1) is 0 Å². The second kappa shape index (κ2) is 4.88. The molecule has 0 aliphatic heterocycles. The number of fused-ring (bicyclic) bond motifs is 1. The van der Waals surface area contributed by atoms with Crippen LogP contribution in [0.5, 0.6) is 0 Å². The summed E-state index contributed by atoms with van der Waals surface area (Å²) in [5, 5.41) is 3.12. The molecule has 1 aromatic carbocycles. The zero-order chi connectivity index (χ0) is 13.3. The fraction of sp³-hybridized carbons (Fsp3) is 0.357. The Bertz CT molecular complexity index is 580. The highest BCUT2D eigenvalue weighted by Crippen LogP contribution is 2.28. The van der Waals surface area contributed by atoms with Crippen LogP contribution in [0, 0.1) is 17.6 Å². The lowest BCUT2D eigenvalue weighted by molar-refractivity contribution is 0.611. The van der Waals surface area contributed by atoms with Gasteiger partial charge in [-0.25, -0.2) is 13.8 Å². The van der Waals surface area contributed by atoms with Crippen LogP contribution in [0.4, 0.5) is 14.5 Å². The third kappa shape index (κ3) is 2.28. The summed E-state index contributed by atoms with van der Waals surface area (Å²) in [4.78, 5) is 4.23. The maximum Gasteiger partial charge on any atom is 0.149 e. The Labute approximate surface area is 105 Å². The molecule has 4 heteroatoms. The van der Waals surface area contributed by atoms with Crippen molar-refractivity contribution in [1.82, 2.24) is 4.98 Å². The maximum absolute atomic E-state index is 13.8. The van der Waals surface area contributed by atoms with Gasteiger partial charge in [0.2, 0.25) is 0 Å². The molecule has 1 aromatic heterocycles. The lowest BCUT2D eigenvalue weighted by atomic mass is 10.0. The molecule has 0 radical (unpaired) electrons. The summed E-state index contributed by atoms with van der Waals surface area (Å²) >= 11 is 0. The van der Waals surface area contributed by atoms with E-state index in [0.29, 0.717) is 11.6 Å². The van der Waals surface area contributed by atoms with E-state index in [-0.39, 0.29) is 10.9 Å². The second-order valence-corrected chi connectivity index (χ2v) is 4.76. The third-order valence-corrected chi connectivity index (χ3v) is 2.80. The van der Waals surface area contributed by atoms with Crippen LogP contribution in [0.25, 0.3) is 10.9 Å². The van der Waals surface area contributed by atoms with Gasteiger partial charge in [-0.1, -0.05) is 13.8 Å². The first-order chi connectivity index (χ1) is 8.52. The van der Waals surface area contributed by atoms with E-state index >= 15 is 0 Å². The zero-order valence-electron chi connectivity index (χ0n) is 10.7. The highest BCUT2D eigenvalue weighted by atomic mass is 19.1. The zero-order valence-corrected chi connectivity index (χ0v) is 10.7. The molecule has 1 heterocycles. The van der Waals surface area contributed by atoms with Gasteiger partial charge in [0.05, 0.1) is 5.39 Å². The molecular formula is C14H16F2N2. The van der Waals surface area contributed by atoms with E-state index in [1.165, 1.54) is 0 Å². The van der Waals surface area contributed by atoms with E-state index in [4.69, 9.17) is 0 Å². The van der Waals surface area contributed by atoms with E-state index in [1.807, 2.05) is 0 Å². The average Bonchev–Trinajstić information content (AvgIpc) is 2.32. The largest absolute Gasteiger partial charge is 0.387 e. The van der Waals surface area contributed by atoms with Crippen molar-refractivity contribution < 1.29 is 8.78 Å². The molecule has 2 aromatic rings. The van der Waals surface area contributed by atoms with Crippen LogP contribution < -0.4 is 5.32 Å². The molecule has 0 unspecified atom stereocenters. The Balaban J connectivity index is 2.71. The minimum atomic E-state index is -0.492. The van der Waals surface area contributed by atoms with Crippen molar-refractivity contribution in [2.24, 2.45) is 5.92 Å². The summed E-state index contributed by atoms with van der Waals surface area (Å²) in [7, 11) is 1.69. The van der Waals surface area contributed by atoms with E-state index in [2.05, 4.69) is 24.1 Å². The molecule has 0 atom stereocenters. The number of halogens is 2. The van der Waals surface area contributed by atoms with Crippen molar-refractivity contribution >= 4 is 16.6 Å². The van der Waals surface area contributed by atoms with Gasteiger partial charge >= 0.3 is 0 Å². The Morgan fingerprint density at radius 1 is 1.22 bits per heavy atom. The third-order valence-electron chi connectivity index (χ3n) is 2.80. The standard InChI is InChI=1S/C14H16F2N2/c1-8(2)6-9-7-12(17-3)13-10(15)4-5-11(16)14(13)18-9/h4-5,7-8H,6H2,1-3H3,(H,17,18). The highest BCUT2D eigenvalue weighted by Gasteiger charge is 2.13. The fourth-order valence-electron chi connectivity index (χ4n) is 2.04. The fourth-order valence-corrected chi connectivity index (χ4v) is 2.04. The average molecular weight is 250 g/mol. The first kappa shape index (κ1) is 12.7. The monoisotopic (exact) mass is 250 g/mol. The summed E-state index contributed by atoms with van der Waals surface area (Å²) in [6.07, 6.45) is 0.737. The van der Waals surface area contributed by atoms with E-state index in [1.54, 1.807) is 13.1 Å². The van der Waals surface area contributed by atoms with Gasteiger partial charge < -0.3 is 5.32 Å². The summed E-state index contributed by atoms with van der Waals surface area (Å²) < 4.78 is 27.5. The van der Waals surface area contributed by atoms with Crippen LogP contribution in [-0.4, -0.2) is 12.0 Å². The smallest absolute Gasteiger partial charge is 0.149 e. The molecular weight excluding hydrogens is 234 g/mol. The Morgan fingerprint density at radius 2 is 1.89 bits per heavy atom. The molecule has 0 amide bonds. The predicted molar refractivity (Wildman–Crippen MR) is 69.7 cm³/mol. The first-order valence-corrected chi connectivity index (χ1v) is 5.98. The normalized spacial score (nSPS) is 11.2. The van der Waals surface area contributed by atoms with Crippen LogP contribution in [0.1, 0.15) is 19.5 Å². The van der Waals surface area contributed by atoms with Crippen LogP contribution in [0.2, 0.25) is 0 Å². The van der Waals surface area contributed by atoms with Gasteiger partial charge in [-0.3, -0.25) is 0 Å². The number of benzene rings is 1. The van der Waals surface area contributed by atoms with Gasteiger partial charge in [0.25, 0.3) is 0 Å². The van der Waals surface area contributed by atoms with Crippen molar-refractivity contribution in [3.63, 3.8) is 0 Å². The number of nitrogens with zero attached hydrogens (tertiary/aromatic N) is 1. The molecule has 0 spiro atoms. The topological polar surface area (TPSA) is 24.9 Å². The number of hydrogen-bond donors (Lipinski definition) is 1. The van der Waals surface area contributed by atoms with Gasteiger partial charge in [-0.2, -0.15) is 0 Å². The summed E-state index contributed by atoms with van der Waals surface area (Å²) in [5.41, 5.74) is 1.44. The molecule has 96 valence electrons. The number of rotatable bonds is 3. The Kier molecular flexibility index (Phi) is 3.45. The maximum atomic E-state index is 13.8. The molecule has 0 fully saturated rings. The van der Waals surface area contributed by atoms with Crippen molar-refractivity contribution in [3.8, 4) is 0 Å². The van der Waals surface area contributed by atoms with Gasteiger partial charge in [0.15, 0.2) is 0 Å². The molecule has 2 nitrogen and oxygen atoms in total. The number of hydrogen-bond acceptors (Lipinski definition) is 2. The van der Waals surface area contributed by atoms with Gasteiger partial charge in [0.1, 0.15) is 17.2 Å². The van der Waals surface area contributed by atoms with Crippen LogP contribution in [0.3, 0.4) is 0 Å². The van der Waals surface area contributed by atoms with E-state index in [9.17, 15) is 8.78 Å². The minimum absolute atomic E-state index is 0.0949. The Hall–Kier alpha value is -1.71. The second-order valence-electron chi connectivity index (χ2n) is 4.76. The molecule has 18 heavy (non-hydrogen) atoms. The minimum Gasteiger partial charge on any atom is -0.387 e. The molecule has 0 aliphatic carbocycles. The van der Waals surface area contributed by atoms with Crippen molar-refractivity contribution in [2.75, 3.05) is 12.4 Å². The van der Waals surface area contributed by atoms with Crippen molar-refractivity contribution in [1.29, 1.82) is 0 Å². The summed E-state index contributed by atoms with van der Waals surface area (Å²) in [5.74, 6) is -0.538. The lowest BCUT2D eigenvalue weighted by Gasteiger charge is -2.11.